The second-order valence-electron chi connectivity index (χ2n) is 8.82. The van der Waals surface area contributed by atoms with Gasteiger partial charge in [0.25, 0.3) is 11.1 Å². The molecule has 3 aromatic rings. The largest absolute Gasteiger partial charge is 0.465 e. The van der Waals surface area contributed by atoms with E-state index in [4.69, 9.17) is 25.5 Å². The predicted octanol–water partition coefficient (Wildman–Crippen LogP) is 4.90. The van der Waals surface area contributed by atoms with Gasteiger partial charge in [-0.2, -0.15) is 0 Å². The number of ether oxygens (including phenoxy) is 2. The average molecular weight is 582 g/mol. The molecule has 2 aliphatic heterocycles. The molecule has 1 aromatic heterocycles. The minimum absolute atomic E-state index is 0.124. The number of para-hydroxylation sites is 2. The van der Waals surface area contributed by atoms with Gasteiger partial charge in [0, 0.05) is 24.7 Å². The summed E-state index contributed by atoms with van der Waals surface area (Å²) in [7, 11) is 1.26. The molecule has 2 fully saturated rings. The zero-order valence-electron chi connectivity index (χ0n) is 21.3. The minimum Gasteiger partial charge on any atom is -0.465 e. The molecule has 0 radical (unpaired) electrons. The molecule has 40 heavy (non-hydrogen) atoms. The van der Waals surface area contributed by atoms with Crippen molar-refractivity contribution in [1.29, 1.82) is 0 Å². The fourth-order valence-corrected chi connectivity index (χ4v) is 5.30. The van der Waals surface area contributed by atoms with Crippen molar-refractivity contribution in [2.24, 2.45) is 0 Å². The number of morpholine rings is 1. The van der Waals surface area contributed by atoms with Crippen molar-refractivity contribution in [2.75, 3.05) is 50.2 Å². The molecule has 3 amide bonds. The Morgan fingerprint density at radius 3 is 2.65 bits per heavy atom. The van der Waals surface area contributed by atoms with Gasteiger partial charge in [-0.25, -0.2) is 4.79 Å². The number of methoxy groups -OCH3 is 1. The molecule has 206 valence electrons. The van der Waals surface area contributed by atoms with Crippen molar-refractivity contribution < 1.29 is 33.1 Å². The molecule has 0 aliphatic carbocycles. The number of carbonyl (C=O) groups excluding carboxylic acids is 4. The molecule has 0 bridgehead atoms. The summed E-state index contributed by atoms with van der Waals surface area (Å²) in [5.41, 5.74) is 2.21. The van der Waals surface area contributed by atoms with Crippen molar-refractivity contribution in [1.82, 2.24) is 4.90 Å². The highest BCUT2D eigenvalue weighted by atomic mass is 35.5. The molecule has 0 atom stereocenters. The Hall–Kier alpha value is -4.06. The maximum absolute atomic E-state index is 13.0. The SMILES string of the molecule is COC(=O)c1cc(-c2ccc(/C=C3/SC(=O)N(CC(=O)Nc4ccccc4N4CCOCC4)C3=O)o2)ccc1Cl. The van der Waals surface area contributed by atoms with E-state index in [-0.39, 0.29) is 15.5 Å². The fraction of sp³-hybridized carbons (Fsp3) is 0.214. The van der Waals surface area contributed by atoms with Crippen molar-refractivity contribution >= 4 is 63.8 Å². The molecule has 0 unspecified atom stereocenters. The molecule has 5 rings (SSSR count). The number of esters is 1. The van der Waals surface area contributed by atoms with Gasteiger partial charge in [-0.1, -0.05) is 23.7 Å². The van der Waals surface area contributed by atoms with E-state index in [0.717, 1.165) is 22.3 Å². The lowest BCUT2D eigenvalue weighted by molar-refractivity contribution is -0.127. The fourth-order valence-electron chi connectivity index (χ4n) is 4.29. The van der Waals surface area contributed by atoms with Gasteiger partial charge >= 0.3 is 5.97 Å². The quantitative estimate of drug-likeness (QED) is 0.307. The van der Waals surface area contributed by atoms with Crippen LogP contribution in [-0.2, 0) is 19.1 Å². The third-order valence-corrected chi connectivity index (χ3v) is 7.50. The topological polar surface area (TPSA) is 118 Å². The van der Waals surface area contributed by atoms with Crippen LogP contribution in [0, 0.1) is 0 Å². The Morgan fingerprint density at radius 1 is 1.10 bits per heavy atom. The first kappa shape index (κ1) is 27.5. The Bertz CT molecular complexity index is 1510. The zero-order chi connectivity index (χ0) is 28.2. The van der Waals surface area contributed by atoms with E-state index in [1.165, 1.54) is 13.2 Å². The van der Waals surface area contributed by atoms with Gasteiger partial charge in [0.2, 0.25) is 5.91 Å². The van der Waals surface area contributed by atoms with Crippen LogP contribution in [-0.4, -0.2) is 67.9 Å². The summed E-state index contributed by atoms with van der Waals surface area (Å²) in [6.07, 6.45) is 1.44. The number of halogens is 1. The van der Waals surface area contributed by atoms with E-state index < -0.39 is 29.6 Å². The van der Waals surface area contributed by atoms with Crippen LogP contribution in [0.4, 0.5) is 16.2 Å². The van der Waals surface area contributed by atoms with Gasteiger partial charge < -0.3 is 24.1 Å². The highest BCUT2D eigenvalue weighted by Crippen LogP contribution is 2.34. The first-order chi connectivity index (χ1) is 19.3. The molecule has 2 saturated heterocycles. The van der Waals surface area contributed by atoms with E-state index in [9.17, 15) is 19.2 Å². The highest BCUT2D eigenvalue weighted by Gasteiger charge is 2.36. The van der Waals surface area contributed by atoms with Gasteiger partial charge in [0.15, 0.2) is 0 Å². The second kappa shape index (κ2) is 12.0. The Balaban J connectivity index is 1.27. The molecule has 12 heteroatoms. The molecule has 1 N–H and O–H groups in total. The van der Waals surface area contributed by atoms with E-state index in [1.807, 2.05) is 12.1 Å². The predicted molar refractivity (Wildman–Crippen MR) is 151 cm³/mol. The van der Waals surface area contributed by atoms with Crippen molar-refractivity contribution in [3.8, 4) is 11.3 Å². The monoisotopic (exact) mass is 581 g/mol. The molecule has 2 aromatic carbocycles. The maximum Gasteiger partial charge on any atom is 0.339 e. The summed E-state index contributed by atoms with van der Waals surface area (Å²) >= 11 is 6.82. The van der Waals surface area contributed by atoms with Gasteiger partial charge in [0.1, 0.15) is 18.1 Å². The number of amides is 3. The summed E-state index contributed by atoms with van der Waals surface area (Å²) < 4.78 is 16.0. The van der Waals surface area contributed by atoms with E-state index in [2.05, 4.69) is 10.2 Å². The molecule has 0 saturated carbocycles. The van der Waals surface area contributed by atoms with Crippen molar-refractivity contribution in [3.05, 3.63) is 75.8 Å². The van der Waals surface area contributed by atoms with Gasteiger partial charge in [-0.3, -0.25) is 19.3 Å². The third kappa shape index (κ3) is 5.91. The number of imide groups is 1. The highest BCUT2D eigenvalue weighted by molar-refractivity contribution is 8.18. The van der Waals surface area contributed by atoms with E-state index in [1.54, 1.807) is 42.5 Å². The van der Waals surface area contributed by atoms with Gasteiger partial charge in [0.05, 0.1) is 47.2 Å². The lowest BCUT2D eigenvalue weighted by Crippen LogP contribution is -2.38. The smallest absolute Gasteiger partial charge is 0.339 e. The van der Waals surface area contributed by atoms with E-state index >= 15 is 0 Å². The number of hydrogen-bond acceptors (Lipinski definition) is 9. The number of nitrogens with zero attached hydrogens (tertiary/aromatic N) is 2. The van der Waals surface area contributed by atoms with E-state index in [0.29, 0.717) is 49.1 Å². The van der Waals surface area contributed by atoms with Crippen LogP contribution in [0.15, 0.2) is 63.9 Å². The molecular weight excluding hydrogens is 558 g/mol. The molecule has 3 heterocycles. The molecule has 2 aliphatic rings. The normalized spacial score (nSPS) is 16.5. The number of anilines is 2. The molecular formula is C28H24ClN3O7S. The minimum atomic E-state index is -0.593. The Morgan fingerprint density at radius 2 is 1.88 bits per heavy atom. The van der Waals surface area contributed by atoms with Crippen LogP contribution in [0.2, 0.25) is 5.02 Å². The number of nitrogens with one attached hydrogen (secondary N) is 1. The summed E-state index contributed by atoms with van der Waals surface area (Å²) in [4.78, 5) is 53.6. The summed E-state index contributed by atoms with van der Waals surface area (Å²) in [6.45, 7) is 2.15. The standard InChI is InChI=1S/C28H24ClN3O7S/c1-37-27(35)19-14-17(6-8-20(19)29)23-9-7-18(39-23)15-24-26(34)32(28(36)40-24)16-25(33)30-21-4-2-3-5-22(21)31-10-12-38-13-11-31/h2-9,14-15H,10-13,16H2,1H3,(H,30,33)/b24-15+. The molecule has 0 spiro atoms. The lowest BCUT2D eigenvalue weighted by Gasteiger charge is -2.30. The van der Waals surface area contributed by atoms with Crippen LogP contribution in [0.25, 0.3) is 17.4 Å². The Kier molecular flexibility index (Phi) is 8.24. The summed E-state index contributed by atoms with van der Waals surface area (Å²) in [6, 6.07) is 15.4. The van der Waals surface area contributed by atoms with Crippen LogP contribution < -0.4 is 10.2 Å². The number of rotatable bonds is 7. The van der Waals surface area contributed by atoms with Crippen molar-refractivity contribution in [2.45, 2.75) is 0 Å². The molecule has 10 nitrogen and oxygen atoms in total. The number of carbonyl (C=O) groups is 4. The van der Waals surface area contributed by atoms with Crippen LogP contribution >= 0.6 is 23.4 Å². The number of hydrogen-bond donors (Lipinski definition) is 1. The second-order valence-corrected chi connectivity index (χ2v) is 10.2. The van der Waals surface area contributed by atoms with Gasteiger partial charge in [-0.15, -0.1) is 0 Å². The first-order valence-corrected chi connectivity index (χ1v) is 13.5. The third-order valence-electron chi connectivity index (χ3n) is 6.26. The summed E-state index contributed by atoms with van der Waals surface area (Å²) in [5.74, 6) is -0.928. The van der Waals surface area contributed by atoms with Gasteiger partial charge in [-0.05, 0) is 54.2 Å². The summed E-state index contributed by atoms with van der Waals surface area (Å²) in [5, 5.41) is 2.51. The number of thioether (sulfide) groups is 1. The number of furan rings is 1. The number of benzene rings is 2. The Labute approximate surface area is 238 Å². The van der Waals surface area contributed by atoms with Crippen LogP contribution in [0.3, 0.4) is 0 Å². The van der Waals surface area contributed by atoms with Crippen LogP contribution in [0.5, 0.6) is 0 Å². The first-order valence-electron chi connectivity index (χ1n) is 12.3. The average Bonchev–Trinajstić information content (AvgIpc) is 3.53. The van der Waals surface area contributed by atoms with Crippen molar-refractivity contribution in [3.63, 3.8) is 0 Å². The maximum atomic E-state index is 13.0. The lowest BCUT2D eigenvalue weighted by atomic mass is 10.1. The van der Waals surface area contributed by atoms with Crippen LogP contribution in [0.1, 0.15) is 16.1 Å². The zero-order valence-corrected chi connectivity index (χ0v) is 22.9.